The summed E-state index contributed by atoms with van der Waals surface area (Å²) in [6, 6.07) is 17.0. The van der Waals surface area contributed by atoms with Crippen LogP contribution in [0.1, 0.15) is 58.3 Å². The summed E-state index contributed by atoms with van der Waals surface area (Å²) in [6.45, 7) is 5.06. The number of rotatable bonds is 9. The molecule has 2 aromatic heterocycles. The second-order valence-corrected chi connectivity index (χ2v) is 9.76. The molecule has 0 fully saturated rings. The molecular weight excluding hydrogens is 484 g/mol. The number of para-hydroxylation sites is 1. The minimum Gasteiger partial charge on any atom is -0.494 e. The van der Waals surface area contributed by atoms with Gasteiger partial charge in [0.25, 0.3) is 5.91 Å². The molecule has 2 heterocycles. The van der Waals surface area contributed by atoms with Gasteiger partial charge in [-0.05, 0) is 30.5 Å². The molecule has 0 unspecified atom stereocenters. The number of hydrogen-bond donors (Lipinski definition) is 5. The van der Waals surface area contributed by atoms with Crippen molar-refractivity contribution >= 4 is 28.5 Å². The summed E-state index contributed by atoms with van der Waals surface area (Å²) in [5.74, 6) is -2.35. The summed E-state index contributed by atoms with van der Waals surface area (Å²) in [5, 5.41) is 26.7. The number of carbonyl (C=O) groups excluding carboxylic acids is 3. The Labute approximate surface area is 220 Å². The lowest BCUT2D eigenvalue weighted by atomic mass is 9.93. The van der Waals surface area contributed by atoms with Crippen molar-refractivity contribution in [2.45, 2.75) is 39.3 Å². The van der Waals surface area contributed by atoms with E-state index < -0.39 is 29.7 Å². The maximum atomic E-state index is 13.3. The van der Waals surface area contributed by atoms with E-state index in [0.29, 0.717) is 5.69 Å². The summed E-state index contributed by atoms with van der Waals surface area (Å²) >= 11 is 0. The normalized spacial score (nSPS) is 12.9. The molecule has 38 heavy (non-hydrogen) atoms. The van der Waals surface area contributed by atoms with Crippen molar-refractivity contribution in [2.24, 2.45) is 13.0 Å². The second-order valence-electron chi connectivity index (χ2n) is 9.76. The highest BCUT2D eigenvalue weighted by Crippen LogP contribution is 2.30. The number of aromatic hydroxyl groups is 2. The highest BCUT2D eigenvalue weighted by atomic mass is 16.3. The van der Waals surface area contributed by atoms with Crippen LogP contribution in [0, 0.1) is 12.8 Å². The number of nitrogens with zero attached hydrogens (tertiary/aromatic N) is 1. The second kappa shape index (κ2) is 10.8. The van der Waals surface area contributed by atoms with Gasteiger partial charge in [-0.3, -0.25) is 19.4 Å². The summed E-state index contributed by atoms with van der Waals surface area (Å²) in [7, 11) is 1.82. The first-order valence-corrected chi connectivity index (χ1v) is 12.4. The molecule has 2 aromatic carbocycles. The maximum absolute atomic E-state index is 13.3. The molecule has 0 aliphatic rings. The molecule has 9 heteroatoms. The first-order valence-electron chi connectivity index (χ1n) is 12.4. The molecule has 0 bridgehead atoms. The lowest BCUT2D eigenvalue weighted by Gasteiger charge is -2.24. The van der Waals surface area contributed by atoms with Gasteiger partial charge in [-0.25, -0.2) is 0 Å². The fourth-order valence-electron chi connectivity index (χ4n) is 4.65. The fourth-order valence-corrected chi connectivity index (χ4v) is 4.65. The van der Waals surface area contributed by atoms with Crippen LogP contribution in [0.4, 0.5) is 0 Å². The Balaban J connectivity index is 1.56. The van der Waals surface area contributed by atoms with Crippen molar-refractivity contribution in [3.63, 3.8) is 0 Å². The number of benzene rings is 2. The largest absolute Gasteiger partial charge is 0.494 e. The van der Waals surface area contributed by atoms with Crippen LogP contribution in [0.3, 0.4) is 0 Å². The minimum absolute atomic E-state index is 0.0646. The van der Waals surface area contributed by atoms with E-state index >= 15 is 0 Å². The van der Waals surface area contributed by atoms with Crippen LogP contribution in [0.5, 0.6) is 11.8 Å². The number of fused-ring (bicyclic) bond motifs is 1. The number of nitrogens with one attached hydrogen (secondary N) is 3. The summed E-state index contributed by atoms with van der Waals surface area (Å²) in [4.78, 5) is 42.1. The third-order valence-corrected chi connectivity index (χ3v) is 6.80. The topological polar surface area (TPSA) is 136 Å². The number of aromatic nitrogens is 2. The Bertz CT molecular complexity index is 1490. The zero-order valence-corrected chi connectivity index (χ0v) is 21.8. The predicted molar refractivity (Wildman–Crippen MR) is 144 cm³/mol. The summed E-state index contributed by atoms with van der Waals surface area (Å²) in [6.07, 6.45) is -0.112. The number of Topliss-reactive ketones (excluding diaryl/α,β-unsaturated/α-hetero) is 1. The van der Waals surface area contributed by atoms with Gasteiger partial charge in [0, 0.05) is 23.5 Å². The van der Waals surface area contributed by atoms with E-state index in [9.17, 15) is 24.6 Å². The van der Waals surface area contributed by atoms with Crippen LogP contribution in [0.2, 0.25) is 0 Å². The molecule has 0 spiro atoms. The van der Waals surface area contributed by atoms with Gasteiger partial charge in [0.05, 0.1) is 24.1 Å². The number of hydrogen-bond acceptors (Lipinski definition) is 5. The van der Waals surface area contributed by atoms with Gasteiger partial charge in [0.15, 0.2) is 11.7 Å². The van der Waals surface area contributed by atoms with Gasteiger partial charge in [-0.15, -0.1) is 0 Å². The molecule has 0 radical (unpaired) electrons. The van der Waals surface area contributed by atoms with E-state index in [1.54, 1.807) is 24.5 Å². The van der Waals surface area contributed by atoms with E-state index in [4.69, 9.17) is 0 Å². The molecular formula is C29H32N4O5. The average Bonchev–Trinajstić information content (AvgIpc) is 3.36. The van der Waals surface area contributed by atoms with Crippen molar-refractivity contribution < 1.29 is 24.6 Å². The molecule has 9 nitrogen and oxygen atoms in total. The number of amides is 2. The van der Waals surface area contributed by atoms with Crippen LogP contribution in [0.25, 0.3) is 10.9 Å². The summed E-state index contributed by atoms with van der Waals surface area (Å²) < 4.78 is 1.81. The van der Waals surface area contributed by atoms with Gasteiger partial charge in [0.1, 0.15) is 5.69 Å². The van der Waals surface area contributed by atoms with Crippen LogP contribution in [0.15, 0.2) is 60.7 Å². The van der Waals surface area contributed by atoms with Crippen molar-refractivity contribution in [2.75, 3.05) is 0 Å². The zero-order valence-electron chi connectivity index (χ0n) is 21.8. The standard InChI is InChI=1S/C29H32N4O5/c1-16(2)25(26(35)24-17(3)27(36)32-29(24)38)31-23(34)15-20(18-10-6-5-7-11-18)30-28(37)22-14-19-12-8-9-13-21(19)33(22)4/h5-14,16,20,25,32,36,38H,15H2,1-4H3,(H,30,37)(H,31,34)/t20-,25-/m0/s1. The lowest BCUT2D eigenvalue weighted by Crippen LogP contribution is -2.45. The lowest BCUT2D eigenvalue weighted by molar-refractivity contribution is -0.122. The molecule has 2 amide bonds. The third kappa shape index (κ3) is 5.27. The van der Waals surface area contributed by atoms with Gasteiger partial charge >= 0.3 is 0 Å². The zero-order chi connectivity index (χ0) is 27.6. The van der Waals surface area contributed by atoms with Crippen molar-refractivity contribution in [3.05, 3.63) is 83.0 Å². The molecule has 2 atom stereocenters. The molecule has 0 aliphatic carbocycles. The van der Waals surface area contributed by atoms with Crippen LogP contribution in [-0.2, 0) is 11.8 Å². The Kier molecular flexibility index (Phi) is 7.57. The number of carbonyl (C=O) groups is 3. The average molecular weight is 517 g/mol. The van der Waals surface area contributed by atoms with E-state index in [1.807, 2.05) is 61.6 Å². The van der Waals surface area contributed by atoms with Gasteiger partial charge in [0.2, 0.25) is 11.8 Å². The smallest absolute Gasteiger partial charge is 0.268 e. The van der Waals surface area contributed by atoms with Gasteiger partial charge in [-0.2, -0.15) is 0 Å². The number of H-pyrrole nitrogens is 1. The Hall–Kier alpha value is -4.53. The maximum Gasteiger partial charge on any atom is 0.268 e. The van der Waals surface area contributed by atoms with E-state index in [1.165, 1.54) is 6.92 Å². The van der Waals surface area contributed by atoms with Crippen LogP contribution < -0.4 is 10.6 Å². The Morgan fingerprint density at radius 1 is 0.947 bits per heavy atom. The first-order chi connectivity index (χ1) is 18.1. The number of aryl methyl sites for hydroxylation is 1. The monoisotopic (exact) mass is 516 g/mol. The number of ketones is 1. The highest BCUT2D eigenvalue weighted by molar-refractivity contribution is 6.05. The molecule has 0 saturated carbocycles. The van der Waals surface area contributed by atoms with Crippen LogP contribution >= 0.6 is 0 Å². The SMILES string of the molecule is Cc1c(O)[nH]c(O)c1C(=O)[C@@H](NC(=O)C[C@H](NC(=O)c1cc2ccccc2n1C)c1ccccc1)C(C)C. The van der Waals surface area contributed by atoms with E-state index in [0.717, 1.165) is 16.5 Å². The van der Waals surface area contributed by atoms with Gasteiger partial charge < -0.3 is 25.4 Å². The van der Waals surface area contributed by atoms with Crippen molar-refractivity contribution in [1.29, 1.82) is 0 Å². The number of aromatic amines is 1. The highest BCUT2D eigenvalue weighted by Gasteiger charge is 2.31. The molecule has 4 aromatic rings. The molecule has 198 valence electrons. The first kappa shape index (κ1) is 26.5. The van der Waals surface area contributed by atoms with Crippen molar-refractivity contribution in [3.8, 4) is 11.8 Å². The van der Waals surface area contributed by atoms with E-state index in [-0.39, 0.29) is 35.3 Å². The Morgan fingerprint density at radius 2 is 1.61 bits per heavy atom. The molecule has 0 aliphatic heterocycles. The van der Waals surface area contributed by atoms with E-state index in [2.05, 4.69) is 15.6 Å². The van der Waals surface area contributed by atoms with Gasteiger partial charge in [-0.1, -0.05) is 62.4 Å². The Morgan fingerprint density at radius 3 is 2.21 bits per heavy atom. The molecule has 5 N–H and O–H groups in total. The third-order valence-electron chi connectivity index (χ3n) is 6.80. The van der Waals surface area contributed by atoms with Crippen molar-refractivity contribution in [1.82, 2.24) is 20.2 Å². The van der Waals surface area contributed by atoms with Crippen LogP contribution in [-0.4, -0.2) is 43.4 Å². The molecule has 0 saturated heterocycles. The summed E-state index contributed by atoms with van der Waals surface area (Å²) in [5.41, 5.74) is 2.26. The fraction of sp³-hybridized carbons (Fsp3) is 0.276. The molecule has 4 rings (SSSR count). The minimum atomic E-state index is -0.951. The predicted octanol–water partition coefficient (Wildman–Crippen LogP) is 4.11. The quantitative estimate of drug-likeness (QED) is 0.213.